The number of aromatic nitrogens is 3. The Morgan fingerprint density at radius 3 is 2.78 bits per heavy atom. The van der Waals surface area contributed by atoms with Gasteiger partial charge in [-0.25, -0.2) is 4.79 Å². The van der Waals surface area contributed by atoms with Crippen molar-refractivity contribution >= 4 is 40.0 Å². The van der Waals surface area contributed by atoms with Crippen LogP contribution in [0.1, 0.15) is 32.8 Å². The van der Waals surface area contributed by atoms with Crippen LogP contribution in [-0.4, -0.2) is 39.5 Å². The lowest BCUT2D eigenvalue weighted by Crippen LogP contribution is -2.16. The van der Waals surface area contributed by atoms with E-state index >= 15 is 0 Å². The lowest BCUT2D eigenvalue weighted by molar-refractivity contribution is -0.113. The highest BCUT2D eigenvalue weighted by molar-refractivity contribution is 7.99. The molecule has 1 aromatic carbocycles. The standard InChI is InChI=1S/C23H24N4O3S2/c1-4-12-27-20(15-10-8-14(2)9-11-15)25-26-23(27)31-13-18(28)24-21-19(22(29)30-3)16-6-5-7-17(16)32-21/h4,8-11H,1,5-7,12-13H2,2-3H3,(H,24,28). The molecule has 1 aliphatic carbocycles. The molecule has 2 aromatic heterocycles. The van der Waals surface area contributed by atoms with Crippen molar-refractivity contribution in [3.05, 3.63) is 58.5 Å². The molecular weight excluding hydrogens is 444 g/mol. The number of nitrogens with zero attached hydrogens (tertiary/aromatic N) is 3. The third-order valence-electron chi connectivity index (χ3n) is 5.23. The van der Waals surface area contributed by atoms with Crippen molar-refractivity contribution < 1.29 is 14.3 Å². The number of esters is 1. The third-order valence-corrected chi connectivity index (χ3v) is 7.41. The number of thioether (sulfide) groups is 1. The van der Waals surface area contributed by atoms with Gasteiger partial charge >= 0.3 is 5.97 Å². The van der Waals surface area contributed by atoms with Gasteiger partial charge in [0, 0.05) is 17.0 Å². The number of ether oxygens (including phenoxy) is 1. The predicted octanol–water partition coefficient (Wildman–Crippen LogP) is 4.51. The molecule has 0 unspecified atom stereocenters. The summed E-state index contributed by atoms with van der Waals surface area (Å²) in [6.07, 6.45) is 4.58. The van der Waals surface area contributed by atoms with Crippen LogP contribution in [0, 0.1) is 6.92 Å². The third kappa shape index (κ3) is 4.49. The number of amides is 1. The van der Waals surface area contributed by atoms with Crippen molar-refractivity contribution in [2.75, 3.05) is 18.2 Å². The molecule has 1 amide bonds. The summed E-state index contributed by atoms with van der Waals surface area (Å²) >= 11 is 2.77. The van der Waals surface area contributed by atoms with E-state index in [2.05, 4.69) is 22.1 Å². The molecule has 0 radical (unpaired) electrons. The number of allylic oxidation sites excluding steroid dienone is 1. The molecule has 7 nitrogen and oxygen atoms in total. The molecule has 2 heterocycles. The highest BCUT2D eigenvalue weighted by atomic mass is 32.2. The first kappa shape index (κ1) is 22.3. The average Bonchev–Trinajstić information content (AvgIpc) is 3.47. The first-order valence-corrected chi connectivity index (χ1v) is 12.1. The highest BCUT2D eigenvalue weighted by Crippen LogP contribution is 2.39. The zero-order valence-corrected chi connectivity index (χ0v) is 19.6. The molecule has 0 saturated carbocycles. The second kappa shape index (κ2) is 9.70. The smallest absolute Gasteiger partial charge is 0.341 e. The fraction of sp³-hybridized carbons (Fsp3) is 0.304. The lowest BCUT2D eigenvalue weighted by Gasteiger charge is -2.09. The number of methoxy groups -OCH3 is 1. The van der Waals surface area contributed by atoms with Crippen molar-refractivity contribution in [3.63, 3.8) is 0 Å². The van der Waals surface area contributed by atoms with Crippen LogP contribution in [0.4, 0.5) is 5.00 Å². The molecule has 0 bridgehead atoms. The fourth-order valence-electron chi connectivity index (χ4n) is 3.71. The molecule has 0 spiro atoms. The molecule has 32 heavy (non-hydrogen) atoms. The minimum Gasteiger partial charge on any atom is -0.465 e. The molecule has 1 N–H and O–H groups in total. The molecule has 9 heteroatoms. The Morgan fingerprint density at radius 2 is 2.06 bits per heavy atom. The molecule has 166 valence electrons. The highest BCUT2D eigenvalue weighted by Gasteiger charge is 2.28. The number of aryl methyl sites for hydroxylation is 2. The number of rotatable bonds is 8. The number of fused-ring (bicyclic) bond motifs is 1. The summed E-state index contributed by atoms with van der Waals surface area (Å²) in [6.45, 7) is 6.39. The Balaban J connectivity index is 1.49. The first-order chi connectivity index (χ1) is 15.5. The van der Waals surface area contributed by atoms with E-state index in [0.717, 1.165) is 41.1 Å². The number of thiophene rings is 1. The molecule has 1 aliphatic rings. The van der Waals surface area contributed by atoms with Crippen LogP contribution in [-0.2, 0) is 28.9 Å². The van der Waals surface area contributed by atoms with Crippen LogP contribution in [0.25, 0.3) is 11.4 Å². The van der Waals surface area contributed by atoms with E-state index in [1.807, 2.05) is 35.8 Å². The summed E-state index contributed by atoms with van der Waals surface area (Å²) < 4.78 is 6.89. The number of anilines is 1. The molecule has 3 aromatic rings. The molecule has 0 fully saturated rings. The van der Waals surface area contributed by atoms with Gasteiger partial charge in [-0.15, -0.1) is 28.1 Å². The summed E-state index contributed by atoms with van der Waals surface area (Å²) in [6, 6.07) is 8.06. The normalized spacial score (nSPS) is 12.4. The summed E-state index contributed by atoms with van der Waals surface area (Å²) in [5.41, 5.74) is 3.64. The van der Waals surface area contributed by atoms with Crippen LogP contribution in [0.15, 0.2) is 42.1 Å². The zero-order valence-electron chi connectivity index (χ0n) is 18.0. The number of carbonyl (C=O) groups is 2. The van der Waals surface area contributed by atoms with E-state index < -0.39 is 5.97 Å². The van der Waals surface area contributed by atoms with Crippen LogP contribution >= 0.6 is 23.1 Å². The van der Waals surface area contributed by atoms with Gasteiger partial charge in [-0.1, -0.05) is 47.7 Å². The number of nitrogens with one attached hydrogen (secondary N) is 1. The predicted molar refractivity (Wildman–Crippen MR) is 127 cm³/mol. The Hall–Kier alpha value is -2.91. The fourth-order valence-corrected chi connectivity index (χ4v) is 5.75. The Morgan fingerprint density at radius 1 is 1.28 bits per heavy atom. The van der Waals surface area contributed by atoms with Gasteiger partial charge in [0.05, 0.1) is 18.4 Å². The van der Waals surface area contributed by atoms with E-state index in [1.165, 1.54) is 35.8 Å². The summed E-state index contributed by atoms with van der Waals surface area (Å²) in [5.74, 6) is 0.271. The molecular formula is C23H24N4O3S2. The maximum absolute atomic E-state index is 12.7. The van der Waals surface area contributed by atoms with Crippen molar-refractivity contribution in [1.29, 1.82) is 0 Å². The minimum absolute atomic E-state index is 0.145. The number of benzene rings is 1. The average molecular weight is 469 g/mol. The van der Waals surface area contributed by atoms with Crippen molar-refractivity contribution in [3.8, 4) is 11.4 Å². The number of hydrogen-bond acceptors (Lipinski definition) is 7. The monoisotopic (exact) mass is 468 g/mol. The van der Waals surface area contributed by atoms with Crippen molar-refractivity contribution in [1.82, 2.24) is 14.8 Å². The minimum atomic E-state index is -0.402. The molecule has 0 saturated heterocycles. The van der Waals surface area contributed by atoms with Crippen LogP contribution in [0.3, 0.4) is 0 Å². The Kier molecular flexibility index (Phi) is 6.76. The number of hydrogen-bond donors (Lipinski definition) is 1. The van der Waals surface area contributed by atoms with Gasteiger partial charge in [0.15, 0.2) is 11.0 Å². The van der Waals surface area contributed by atoms with Gasteiger partial charge in [0.25, 0.3) is 0 Å². The quantitative estimate of drug-likeness (QED) is 0.297. The van der Waals surface area contributed by atoms with Crippen molar-refractivity contribution in [2.24, 2.45) is 0 Å². The van der Waals surface area contributed by atoms with E-state index in [0.29, 0.717) is 22.3 Å². The largest absolute Gasteiger partial charge is 0.465 e. The van der Waals surface area contributed by atoms with E-state index in [-0.39, 0.29) is 11.7 Å². The zero-order chi connectivity index (χ0) is 22.7. The lowest BCUT2D eigenvalue weighted by atomic mass is 10.1. The van der Waals surface area contributed by atoms with E-state index in [4.69, 9.17) is 4.74 Å². The van der Waals surface area contributed by atoms with Crippen LogP contribution in [0.5, 0.6) is 0 Å². The Labute approximate surface area is 194 Å². The van der Waals surface area contributed by atoms with Gasteiger partial charge in [-0.05, 0) is 31.7 Å². The summed E-state index contributed by atoms with van der Waals surface area (Å²) in [5, 5.41) is 12.7. The van der Waals surface area contributed by atoms with Gasteiger partial charge < -0.3 is 10.1 Å². The maximum atomic E-state index is 12.7. The second-order valence-corrected chi connectivity index (χ2v) is 9.51. The van der Waals surface area contributed by atoms with Gasteiger partial charge in [-0.2, -0.15) is 0 Å². The van der Waals surface area contributed by atoms with Crippen molar-refractivity contribution in [2.45, 2.75) is 37.9 Å². The Bertz CT molecular complexity index is 1160. The van der Waals surface area contributed by atoms with Crippen LogP contribution < -0.4 is 5.32 Å². The first-order valence-electron chi connectivity index (χ1n) is 10.3. The maximum Gasteiger partial charge on any atom is 0.341 e. The number of carbonyl (C=O) groups excluding carboxylic acids is 2. The van der Waals surface area contributed by atoms with Gasteiger partial charge in [-0.3, -0.25) is 9.36 Å². The summed E-state index contributed by atoms with van der Waals surface area (Å²) in [4.78, 5) is 26.1. The SMILES string of the molecule is C=CCn1c(SCC(=O)Nc2sc3c(c2C(=O)OC)CCC3)nnc1-c1ccc(C)cc1. The topological polar surface area (TPSA) is 86.1 Å². The molecule has 4 rings (SSSR count). The second-order valence-electron chi connectivity index (χ2n) is 7.46. The van der Waals surface area contributed by atoms with Gasteiger partial charge in [0.2, 0.25) is 5.91 Å². The molecule has 0 atom stereocenters. The van der Waals surface area contributed by atoms with Gasteiger partial charge in [0.1, 0.15) is 5.00 Å². The van der Waals surface area contributed by atoms with E-state index in [9.17, 15) is 9.59 Å². The van der Waals surface area contributed by atoms with E-state index in [1.54, 1.807) is 6.08 Å². The summed E-state index contributed by atoms with van der Waals surface area (Å²) in [7, 11) is 1.36. The van der Waals surface area contributed by atoms with Crippen LogP contribution in [0.2, 0.25) is 0 Å². The molecule has 0 aliphatic heterocycles.